The summed E-state index contributed by atoms with van der Waals surface area (Å²) in [5, 5.41) is 0.753. The van der Waals surface area contributed by atoms with Crippen molar-refractivity contribution in [3.8, 4) is 0 Å². The molecule has 2 saturated heterocycles. The lowest BCUT2D eigenvalue weighted by atomic mass is 10.1. The van der Waals surface area contributed by atoms with Crippen molar-refractivity contribution >= 4 is 35.5 Å². The lowest BCUT2D eigenvalue weighted by Gasteiger charge is -2.28. The predicted molar refractivity (Wildman–Crippen MR) is 71.4 cm³/mol. The largest absolute Gasteiger partial charge is 0.469 e. The molecule has 2 aliphatic heterocycles. The van der Waals surface area contributed by atoms with Gasteiger partial charge in [-0.15, -0.1) is 23.5 Å². The number of thioether (sulfide) groups is 2. The fourth-order valence-electron chi connectivity index (χ4n) is 2.30. The van der Waals surface area contributed by atoms with E-state index in [1.807, 2.05) is 23.5 Å². The second kappa shape index (κ2) is 6.16. The number of rotatable bonds is 5. The highest BCUT2D eigenvalue weighted by Crippen LogP contribution is 2.45. The van der Waals surface area contributed by atoms with E-state index >= 15 is 0 Å². The summed E-state index contributed by atoms with van der Waals surface area (Å²) in [6, 6.07) is -0.325. The van der Waals surface area contributed by atoms with Gasteiger partial charge in [0.2, 0.25) is 0 Å². The van der Waals surface area contributed by atoms with Crippen LogP contribution in [0.15, 0.2) is 0 Å². The van der Waals surface area contributed by atoms with E-state index in [0.717, 1.165) is 11.5 Å². The number of carbonyl (C=O) groups excluding carboxylic acids is 2. The number of esters is 2. The lowest BCUT2D eigenvalue weighted by molar-refractivity contribution is -0.148. The molecular weight excluding hydrogens is 274 g/mol. The van der Waals surface area contributed by atoms with E-state index in [4.69, 9.17) is 4.74 Å². The van der Waals surface area contributed by atoms with Gasteiger partial charge in [-0.2, -0.15) is 0 Å². The molecule has 18 heavy (non-hydrogen) atoms. The average Bonchev–Trinajstić information content (AvgIpc) is 2.98. The zero-order valence-corrected chi connectivity index (χ0v) is 12.1. The number of hydrogen-bond acceptors (Lipinski definition) is 7. The van der Waals surface area contributed by atoms with Crippen molar-refractivity contribution in [2.75, 3.05) is 25.7 Å². The zero-order chi connectivity index (χ0) is 13.1. The molecule has 5 nitrogen and oxygen atoms in total. The highest BCUT2D eigenvalue weighted by atomic mass is 32.2. The topological polar surface area (TPSA) is 55.8 Å². The van der Waals surface area contributed by atoms with E-state index in [-0.39, 0.29) is 24.4 Å². The van der Waals surface area contributed by atoms with Crippen LogP contribution in [0.25, 0.3) is 0 Å². The highest BCUT2D eigenvalue weighted by Gasteiger charge is 2.46. The highest BCUT2D eigenvalue weighted by molar-refractivity contribution is 8.07. The van der Waals surface area contributed by atoms with Gasteiger partial charge in [0.05, 0.1) is 25.0 Å². The molecule has 7 heteroatoms. The Balaban J connectivity index is 2.01. The monoisotopic (exact) mass is 291 g/mol. The Morgan fingerprint density at radius 3 is 2.28 bits per heavy atom. The standard InChI is InChI=1S/C11H17NO4S2/c1-15-10(13)4-3-7(11(14)16-2)12-8-5-17-9(12)6-18-8/h7-9H,3-6H2,1-2H3. The van der Waals surface area contributed by atoms with Crippen LogP contribution < -0.4 is 0 Å². The molecule has 2 heterocycles. The molecular formula is C11H17NO4S2. The maximum absolute atomic E-state index is 11.9. The predicted octanol–water partition coefficient (Wildman–Crippen LogP) is 0.929. The molecule has 102 valence electrons. The van der Waals surface area contributed by atoms with Gasteiger partial charge in [0.25, 0.3) is 0 Å². The van der Waals surface area contributed by atoms with E-state index in [1.165, 1.54) is 14.2 Å². The minimum atomic E-state index is -0.325. The summed E-state index contributed by atoms with van der Waals surface area (Å²) in [4.78, 5) is 25.3. The minimum Gasteiger partial charge on any atom is -0.469 e. The number of ether oxygens (including phenoxy) is 2. The molecule has 3 unspecified atom stereocenters. The quantitative estimate of drug-likeness (QED) is 0.698. The third kappa shape index (κ3) is 2.78. The van der Waals surface area contributed by atoms with Crippen molar-refractivity contribution in [2.45, 2.75) is 29.6 Å². The third-order valence-corrected chi connectivity index (χ3v) is 6.24. The first-order valence-electron chi connectivity index (χ1n) is 5.82. The Labute approximate surface area is 115 Å². The second-order valence-corrected chi connectivity index (χ2v) is 6.60. The van der Waals surface area contributed by atoms with Crippen LogP contribution >= 0.6 is 23.5 Å². The summed E-state index contributed by atoms with van der Waals surface area (Å²) in [5.41, 5.74) is 0. The van der Waals surface area contributed by atoms with Gasteiger partial charge in [0, 0.05) is 17.9 Å². The van der Waals surface area contributed by atoms with Crippen LogP contribution in [0.2, 0.25) is 0 Å². The van der Waals surface area contributed by atoms with Crippen molar-refractivity contribution in [3.05, 3.63) is 0 Å². The molecule has 2 fully saturated rings. The van der Waals surface area contributed by atoms with E-state index in [2.05, 4.69) is 9.64 Å². The summed E-state index contributed by atoms with van der Waals surface area (Å²) in [5.74, 6) is 1.55. The van der Waals surface area contributed by atoms with Gasteiger partial charge >= 0.3 is 11.9 Å². The summed E-state index contributed by atoms with van der Waals surface area (Å²) in [6.07, 6.45) is 0.717. The van der Waals surface area contributed by atoms with Crippen LogP contribution in [-0.4, -0.2) is 59.4 Å². The number of methoxy groups -OCH3 is 2. The third-order valence-electron chi connectivity index (χ3n) is 3.21. The Morgan fingerprint density at radius 2 is 1.83 bits per heavy atom. The molecule has 3 atom stereocenters. The number of hydrogen-bond donors (Lipinski definition) is 0. The first kappa shape index (κ1) is 14.0. The van der Waals surface area contributed by atoms with Gasteiger partial charge in [-0.3, -0.25) is 14.5 Å². The molecule has 0 N–H and O–H groups in total. The van der Waals surface area contributed by atoms with Gasteiger partial charge in [-0.05, 0) is 6.42 Å². The summed E-state index contributed by atoms with van der Waals surface area (Å²) >= 11 is 3.76. The van der Waals surface area contributed by atoms with Crippen LogP contribution in [0.5, 0.6) is 0 Å². The number of carbonyl (C=O) groups is 2. The molecule has 0 aromatic rings. The molecule has 0 aromatic heterocycles. The first-order chi connectivity index (χ1) is 8.67. The van der Waals surface area contributed by atoms with Gasteiger partial charge in [0.1, 0.15) is 6.04 Å². The summed E-state index contributed by atoms with van der Waals surface area (Å²) in [6.45, 7) is 0. The molecule has 2 aliphatic rings. The second-order valence-electron chi connectivity index (χ2n) is 4.18. The average molecular weight is 291 g/mol. The summed E-state index contributed by atoms with van der Waals surface area (Å²) < 4.78 is 9.49. The number of nitrogens with zero attached hydrogens (tertiary/aromatic N) is 1. The molecule has 0 radical (unpaired) electrons. The number of fused-ring (bicyclic) bond motifs is 2. The van der Waals surface area contributed by atoms with E-state index < -0.39 is 0 Å². The lowest BCUT2D eigenvalue weighted by Crippen LogP contribution is -2.45. The van der Waals surface area contributed by atoms with Crippen molar-refractivity contribution < 1.29 is 19.1 Å². The SMILES string of the molecule is COC(=O)CCC(C(=O)OC)N1C2CSC1CS2. The fraction of sp³-hybridized carbons (Fsp3) is 0.818. The Morgan fingerprint density at radius 1 is 1.22 bits per heavy atom. The van der Waals surface area contributed by atoms with Crippen LogP contribution in [-0.2, 0) is 19.1 Å². The van der Waals surface area contributed by atoms with E-state index in [1.54, 1.807) is 0 Å². The molecule has 0 amide bonds. The zero-order valence-electron chi connectivity index (χ0n) is 10.5. The van der Waals surface area contributed by atoms with Gasteiger partial charge < -0.3 is 9.47 Å². The van der Waals surface area contributed by atoms with Crippen molar-refractivity contribution in [3.63, 3.8) is 0 Å². The van der Waals surface area contributed by atoms with Crippen LogP contribution in [0.1, 0.15) is 12.8 Å². The van der Waals surface area contributed by atoms with Gasteiger partial charge in [0.15, 0.2) is 0 Å². The molecule has 0 aliphatic carbocycles. The van der Waals surface area contributed by atoms with Crippen molar-refractivity contribution in [2.24, 2.45) is 0 Å². The smallest absolute Gasteiger partial charge is 0.323 e. The summed E-state index contributed by atoms with van der Waals surface area (Å²) in [7, 11) is 2.76. The molecule has 2 bridgehead atoms. The van der Waals surface area contributed by atoms with Gasteiger partial charge in [-0.25, -0.2) is 0 Å². The maximum Gasteiger partial charge on any atom is 0.323 e. The van der Waals surface area contributed by atoms with Crippen LogP contribution in [0, 0.1) is 0 Å². The first-order valence-corrected chi connectivity index (χ1v) is 7.92. The molecule has 2 rings (SSSR count). The van der Waals surface area contributed by atoms with E-state index in [0.29, 0.717) is 17.2 Å². The van der Waals surface area contributed by atoms with E-state index in [9.17, 15) is 9.59 Å². The Bertz CT molecular complexity index is 319. The van der Waals surface area contributed by atoms with Crippen molar-refractivity contribution in [1.82, 2.24) is 4.90 Å². The molecule has 0 aromatic carbocycles. The minimum absolute atomic E-state index is 0.251. The Kier molecular flexibility index (Phi) is 4.80. The van der Waals surface area contributed by atoms with Crippen LogP contribution in [0.3, 0.4) is 0 Å². The normalized spacial score (nSPS) is 28.1. The molecule has 0 saturated carbocycles. The maximum atomic E-state index is 11.9. The molecule has 0 spiro atoms. The Hall–Kier alpha value is -0.400. The van der Waals surface area contributed by atoms with Gasteiger partial charge in [-0.1, -0.05) is 0 Å². The fourth-order valence-corrected chi connectivity index (χ4v) is 5.66. The van der Waals surface area contributed by atoms with Crippen LogP contribution in [0.4, 0.5) is 0 Å². The van der Waals surface area contributed by atoms with Crippen molar-refractivity contribution in [1.29, 1.82) is 0 Å².